The summed E-state index contributed by atoms with van der Waals surface area (Å²) in [6.45, 7) is 8.31. The third kappa shape index (κ3) is 7.67. The quantitative estimate of drug-likeness (QED) is 0.225. The first kappa shape index (κ1) is 21.2. The van der Waals surface area contributed by atoms with Crippen molar-refractivity contribution in [2.24, 2.45) is 16.8 Å². The van der Waals surface area contributed by atoms with E-state index in [9.17, 15) is 0 Å². The molecule has 0 aromatic heterocycles. The van der Waals surface area contributed by atoms with Crippen LogP contribution in [0.25, 0.3) is 0 Å². The number of thioether (sulfide) groups is 1. The second-order valence-electron chi connectivity index (χ2n) is 7.53. The largest absolute Gasteiger partial charge is 0.381 e. The molecule has 1 fully saturated rings. The molecule has 0 N–H and O–H groups in total. The van der Waals surface area contributed by atoms with Gasteiger partial charge in [0.25, 0.3) is 0 Å². The van der Waals surface area contributed by atoms with Gasteiger partial charge in [-0.1, -0.05) is 49.0 Å². The lowest BCUT2D eigenvalue weighted by atomic mass is 10.1. The van der Waals surface area contributed by atoms with Crippen molar-refractivity contribution in [3.63, 3.8) is 0 Å². The Morgan fingerprint density at radius 3 is 2.85 bits per heavy atom. The highest BCUT2D eigenvalue weighted by Crippen LogP contribution is 2.44. The third-order valence-electron chi connectivity index (χ3n) is 5.12. The topological polar surface area (TPSA) is 21.6 Å². The second kappa shape index (κ2) is 11.6. The Hall–Kier alpha value is -1.06. The standard InChI is InChI=1S/C23H35NOS/c1-5-11-21(25-4)15-14-18(2)12-9-7-6-8-10-13-20-17-26-23(24-20)22-16-19(22)3/h5,7,9-10,12-13,19-22H,1,6,8,11,14-17H2,2-4H3/b9-7+,13-10-,18-12+/t19?,20-,21+,22-/m1/s1. The lowest BCUT2D eigenvalue weighted by molar-refractivity contribution is 0.0981. The fraction of sp³-hybridized carbons (Fsp3) is 0.609. The van der Waals surface area contributed by atoms with Crippen molar-refractivity contribution in [2.75, 3.05) is 12.9 Å². The number of allylic oxidation sites excluding steroid dienone is 5. The summed E-state index contributed by atoms with van der Waals surface area (Å²) >= 11 is 1.97. The van der Waals surface area contributed by atoms with Crippen molar-refractivity contribution >= 4 is 16.8 Å². The average Bonchev–Trinajstić information content (AvgIpc) is 3.18. The first-order chi connectivity index (χ1) is 12.6. The van der Waals surface area contributed by atoms with Crippen molar-refractivity contribution in [3.8, 4) is 0 Å². The molecule has 1 heterocycles. The third-order valence-corrected chi connectivity index (χ3v) is 6.33. The Kier molecular flexibility index (Phi) is 9.49. The van der Waals surface area contributed by atoms with Crippen molar-refractivity contribution in [2.45, 2.75) is 64.5 Å². The Morgan fingerprint density at radius 2 is 2.15 bits per heavy atom. The van der Waals surface area contributed by atoms with Crippen LogP contribution in [0.2, 0.25) is 0 Å². The van der Waals surface area contributed by atoms with Crippen LogP contribution in [0.1, 0.15) is 52.4 Å². The molecule has 2 nitrogen and oxygen atoms in total. The smallest absolute Gasteiger partial charge is 0.0783 e. The van der Waals surface area contributed by atoms with Gasteiger partial charge in [0, 0.05) is 18.8 Å². The summed E-state index contributed by atoms with van der Waals surface area (Å²) in [4.78, 5) is 4.86. The fourth-order valence-corrected chi connectivity index (χ4v) is 4.42. The SMILES string of the molecule is C=CC[C@@H](CC/C(C)=C/C=C/CC/C=C\[C@@H]1CSC([C@@H]2CC2C)=N1)OC. The van der Waals surface area contributed by atoms with Crippen LogP contribution in [0.4, 0.5) is 0 Å². The molecule has 0 bridgehead atoms. The highest BCUT2D eigenvalue weighted by atomic mass is 32.2. The summed E-state index contributed by atoms with van der Waals surface area (Å²) in [5.74, 6) is 2.79. The predicted molar refractivity (Wildman–Crippen MR) is 117 cm³/mol. The zero-order chi connectivity index (χ0) is 18.8. The first-order valence-electron chi connectivity index (χ1n) is 9.97. The van der Waals surface area contributed by atoms with Gasteiger partial charge in [0.1, 0.15) is 0 Å². The van der Waals surface area contributed by atoms with Crippen LogP contribution < -0.4 is 0 Å². The van der Waals surface area contributed by atoms with E-state index in [4.69, 9.17) is 9.73 Å². The van der Waals surface area contributed by atoms with Gasteiger partial charge in [-0.25, -0.2) is 0 Å². The van der Waals surface area contributed by atoms with E-state index in [2.05, 4.69) is 50.8 Å². The van der Waals surface area contributed by atoms with E-state index in [1.165, 1.54) is 17.0 Å². The normalized spacial score (nSPS) is 27.3. The molecule has 4 atom stereocenters. The molecule has 1 aliphatic heterocycles. The molecular formula is C23H35NOS. The summed E-state index contributed by atoms with van der Waals surface area (Å²) in [5, 5.41) is 1.41. The molecule has 144 valence electrons. The van der Waals surface area contributed by atoms with Gasteiger partial charge in [-0.3, -0.25) is 4.99 Å². The number of aliphatic imine (C=N–C) groups is 1. The van der Waals surface area contributed by atoms with Crippen LogP contribution in [0.3, 0.4) is 0 Å². The molecule has 0 radical (unpaired) electrons. The molecule has 1 saturated carbocycles. The summed E-state index contributed by atoms with van der Waals surface area (Å²) in [6.07, 6.45) is 20.1. The molecule has 2 aliphatic rings. The van der Waals surface area contributed by atoms with E-state index in [0.29, 0.717) is 12.1 Å². The van der Waals surface area contributed by atoms with Gasteiger partial charge in [0.2, 0.25) is 0 Å². The number of nitrogens with zero attached hydrogens (tertiary/aromatic N) is 1. The minimum Gasteiger partial charge on any atom is -0.381 e. The summed E-state index contributed by atoms with van der Waals surface area (Å²) < 4.78 is 5.45. The Labute approximate surface area is 164 Å². The lowest BCUT2D eigenvalue weighted by Gasteiger charge is -2.12. The lowest BCUT2D eigenvalue weighted by Crippen LogP contribution is -2.08. The van der Waals surface area contributed by atoms with Crippen LogP contribution in [0.5, 0.6) is 0 Å². The van der Waals surface area contributed by atoms with E-state index < -0.39 is 0 Å². The van der Waals surface area contributed by atoms with E-state index in [1.54, 1.807) is 7.11 Å². The van der Waals surface area contributed by atoms with E-state index in [0.717, 1.165) is 49.7 Å². The van der Waals surface area contributed by atoms with Crippen LogP contribution >= 0.6 is 11.8 Å². The molecule has 0 amide bonds. The molecular weight excluding hydrogens is 338 g/mol. The Morgan fingerprint density at radius 1 is 1.38 bits per heavy atom. The van der Waals surface area contributed by atoms with Crippen molar-refractivity contribution in [1.29, 1.82) is 0 Å². The number of methoxy groups -OCH3 is 1. The fourth-order valence-electron chi connectivity index (χ4n) is 3.14. The van der Waals surface area contributed by atoms with Crippen molar-refractivity contribution in [3.05, 3.63) is 48.6 Å². The monoisotopic (exact) mass is 373 g/mol. The average molecular weight is 374 g/mol. The molecule has 0 aromatic rings. The molecule has 3 heteroatoms. The molecule has 26 heavy (non-hydrogen) atoms. The van der Waals surface area contributed by atoms with Crippen LogP contribution in [0, 0.1) is 11.8 Å². The van der Waals surface area contributed by atoms with E-state index >= 15 is 0 Å². The van der Waals surface area contributed by atoms with Gasteiger partial charge >= 0.3 is 0 Å². The van der Waals surface area contributed by atoms with Crippen LogP contribution in [-0.2, 0) is 4.74 Å². The zero-order valence-electron chi connectivity index (χ0n) is 16.7. The van der Waals surface area contributed by atoms with Gasteiger partial charge in [0.05, 0.1) is 17.2 Å². The van der Waals surface area contributed by atoms with Crippen molar-refractivity contribution < 1.29 is 4.74 Å². The number of unbranched alkanes of at least 4 members (excludes halogenated alkanes) is 1. The summed E-state index contributed by atoms with van der Waals surface area (Å²) in [5.41, 5.74) is 1.40. The Bertz CT molecular complexity index is 561. The highest BCUT2D eigenvalue weighted by molar-refractivity contribution is 8.14. The minimum absolute atomic E-state index is 0.296. The van der Waals surface area contributed by atoms with Gasteiger partial charge in [-0.05, 0) is 51.4 Å². The highest BCUT2D eigenvalue weighted by Gasteiger charge is 2.39. The van der Waals surface area contributed by atoms with E-state index in [-0.39, 0.29) is 0 Å². The number of hydrogen-bond acceptors (Lipinski definition) is 3. The molecule has 0 spiro atoms. The van der Waals surface area contributed by atoms with Gasteiger partial charge in [-0.15, -0.1) is 18.3 Å². The molecule has 2 rings (SSSR count). The molecule has 0 saturated heterocycles. The molecule has 0 aromatic carbocycles. The zero-order valence-corrected chi connectivity index (χ0v) is 17.5. The first-order valence-corrected chi connectivity index (χ1v) is 11.0. The summed E-state index contributed by atoms with van der Waals surface area (Å²) in [7, 11) is 1.78. The number of ether oxygens (including phenoxy) is 1. The minimum atomic E-state index is 0.296. The van der Waals surface area contributed by atoms with Crippen LogP contribution in [0.15, 0.2) is 53.6 Å². The predicted octanol–water partition coefficient (Wildman–Crippen LogP) is 6.37. The van der Waals surface area contributed by atoms with Gasteiger partial charge < -0.3 is 4.74 Å². The van der Waals surface area contributed by atoms with Gasteiger partial charge in [-0.2, -0.15) is 0 Å². The van der Waals surface area contributed by atoms with Crippen LogP contribution in [-0.4, -0.2) is 30.1 Å². The summed E-state index contributed by atoms with van der Waals surface area (Å²) in [6, 6.07) is 0.415. The number of rotatable bonds is 12. The second-order valence-corrected chi connectivity index (χ2v) is 8.57. The maximum atomic E-state index is 5.45. The maximum Gasteiger partial charge on any atom is 0.0783 e. The molecule has 1 aliphatic carbocycles. The van der Waals surface area contributed by atoms with Crippen molar-refractivity contribution in [1.82, 2.24) is 0 Å². The Balaban J connectivity index is 1.58. The molecule has 1 unspecified atom stereocenters. The van der Waals surface area contributed by atoms with Gasteiger partial charge in [0.15, 0.2) is 0 Å². The maximum absolute atomic E-state index is 5.45. The number of hydrogen-bond donors (Lipinski definition) is 0. The van der Waals surface area contributed by atoms with E-state index in [1.807, 2.05) is 17.8 Å².